The Balaban J connectivity index is 2.12. The number of amides is 1. The van der Waals surface area contributed by atoms with Gasteiger partial charge in [-0.3, -0.25) is 4.79 Å². The van der Waals surface area contributed by atoms with Gasteiger partial charge in [0.1, 0.15) is 12.3 Å². The van der Waals surface area contributed by atoms with Gasteiger partial charge in [0, 0.05) is 17.1 Å². The molecule has 0 fully saturated rings. The zero-order valence-corrected chi connectivity index (χ0v) is 11.6. The van der Waals surface area contributed by atoms with Crippen LogP contribution in [0.3, 0.4) is 0 Å². The Kier molecular flexibility index (Phi) is 4.67. The highest BCUT2D eigenvalue weighted by atomic mass is 16.5. The fraction of sp³-hybridized carbons (Fsp3) is 0.312. The summed E-state index contributed by atoms with van der Waals surface area (Å²) >= 11 is 0. The van der Waals surface area contributed by atoms with Crippen LogP contribution in [0.1, 0.15) is 13.3 Å². The predicted molar refractivity (Wildman–Crippen MR) is 79.6 cm³/mol. The monoisotopic (exact) mass is 270 g/mol. The van der Waals surface area contributed by atoms with Crippen molar-refractivity contribution in [3.63, 3.8) is 0 Å². The van der Waals surface area contributed by atoms with E-state index in [0.717, 1.165) is 23.1 Å². The number of nitrogens with one attached hydrogen (secondary N) is 1. The number of terminal acetylenes is 1. The van der Waals surface area contributed by atoms with Crippen molar-refractivity contribution in [3.05, 3.63) is 30.5 Å². The zero-order chi connectivity index (χ0) is 14.4. The zero-order valence-electron chi connectivity index (χ0n) is 11.6. The lowest BCUT2D eigenvalue weighted by molar-refractivity contribution is -0.121. The molecule has 2 rings (SSSR count). The summed E-state index contributed by atoms with van der Waals surface area (Å²) < 4.78 is 7.49. The number of benzene rings is 1. The topological polar surface area (TPSA) is 43.3 Å². The van der Waals surface area contributed by atoms with Crippen LogP contribution in [0.4, 0.5) is 0 Å². The summed E-state index contributed by atoms with van der Waals surface area (Å²) in [5.74, 6) is 3.15. The number of carbonyl (C=O) groups excluding carboxylic acids is 1. The minimum absolute atomic E-state index is 0.0910. The minimum atomic E-state index is -0.0910. The molecular formula is C16H18N2O2. The smallest absolute Gasteiger partial charge is 0.240 e. The van der Waals surface area contributed by atoms with Crippen LogP contribution in [0, 0.1) is 12.3 Å². The Morgan fingerprint density at radius 3 is 3.05 bits per heavy atom. The predicted octanol–water partition coefficient (Wildman–Crippen LogP) is 2.18. The molecule has 1 amide bonds. The van der Waals surface area contributed by atoms with E-state index in [9.17, 15) is 4.79 Å². The number of fused-ring (bicyclic) bond motifs is 1. The van der Waals surface area contributed by atoms with Crippen molar-refractivity contribution < 1.29 is 9.53 Å². The normalized spacial score (nSPS) is 10.2. The second-order valence-electron chi connectivity index (χ2n) is 4.49. The van der Waals surface area contributed by atoms with Crippen LogP contribution < -0.4 is 10.1 Å². The van der Waals surface area contributed by atoms with Crippen molar-refractivity contribution in [1.29, 1.82) is 0 Å². The van der Waals surface area contributed by atoms with Gasteiger partial charge >= 0.3 is 0 Å². The first-order valence-electron chi connectivity index (χ1n) is 6.66. The molecule has 104 valence electrons. The standard InChI is InChI=1S/C16H18N2O2/c1-3-8-17-16(19)12-18-9-7-13-11-14(20-10-4-2)5-6-15(13)18/h1,5-7,9,11H,4,8,10,12H2,2H3,(H,17,19). The molecule has 20 heavy (non-hydrogen) atoms. The van der Waals surface area contributed by atoms with Crippen LogP contribution in [-0.4, -0.2) is 23.6 Å². The lowest BCUT2D eigenvalue weighted by atomic mass is 10.2. The number of ether oxygens (including phenoxy) is 1. The maximum atomic E-state index is 11.7. The maximum Gasteiger partial charge on any atom is 0.240 e. The lowest BCUT2D eigenvalue weighted by Gasteiger charge is -2.07. The summed E-state index contributed by atoms with van der Waals surface area (Å²) in [4.78, 5) is 11.7. The lowest BCUT2D eigenvalue weighted by Crippen LogP contribution is -2.27. The molecular weight excluding hydrogens is 252 g/mol. The minimum Gasteiger partial charge on any atom is -0.494 e. The second kappa shape index (κ2) is 6.67. The third kappa shape index (κ3) is 3.33. The highest BCUT2D eigenvalue weighted by Gasteiger charge is 2.06. The Labute approximate surface area is 118 Å². The molecule has 4 nitrogen and oxygen atoms in total. The van der Waals surface area contributed by atoms with E-state index in [-0.39, 0.29) is 19.0 Å². The average molecular weight is 270 g/mol. The first kappa shape index (κ1) is 14.0. The van der Waals surface area contributed by atoms with Gasteiger partial charge in [-0.15, -0.1) is 6.42 Å². The van der Waals surface area contributed by atoms with E-state index in [1.54, 1.807) is 0 Å². The number of nitrogens with zero attached hydrogens (tertiary/aromatic N) is 1. The fourth-order valence-electron chi connectivity index (χ4n) is 1.99. The van der Waals surface area contributed by atoms with Crippen LogP contribution in [0.2, 0.25) is 0 Å². The Morgan fingerprint density at radius 1 is 1.45 bits per heavy atom. The van der Waals surface area contributed by atoms with Gasteiger partial charge in [0.2, 0.25) is 5.91 Å². The van der Waals surface area contributed by atoms with Gasteiger partial charge in [-0.25, -0.2) is 0 Å². The van der Waals surface area contributed by atoms with Crippen LogP contribution >= 0.6 is 0 Å². The van der Waals surface area contributed by atoms with Crippen LogP contribution in [0.25, 0.3) is 10.9 Å². The van der Waals surface area contributed by atoms with Gasteiger partial charge in [0.05, 0.1) is 13.2 Å². The molecule has 1 N–H and O–H groups in total. The summed E-state index contributed by atoms with van der Waals surface area (Å²) in [5.41, 5.74) is 1.00. The molecule has 0 aliphatic heterocycles. The first-order chi connectivity index (χ1) is 9.74. The summed E-state index contributed by atoms with van der Waals surface area (Å²) in [5, 5.41) is 3.71. The second-order valence-corrected chi connectivity index (χ2v) is 4.49. The van der Waals surface area contributed by atoms with Gasteiger partial charge in [0.15, 0.2) is 0 Å². The molecule has 1 aromatic heterocycles. The van der Waals surface area contributed by atoms with E-state index >= 15 is 0 Å². The van der Waals surface area contributed by atoms with Crippen LogP contribution in [0.15, 0.2) is 30.5 Å². The number of rotatable bonds is 6. The van der Waals surface area contributed by atoms with E-state index in [4.69, 9.17) is 11.2 Å². The highest BCUT2D eigenvalue weighted by molar-refractivity contribution is 5.84. The van der Waals surface area contributed by atoms with Gasteiger partial charge in [-0.1, -0.05) is 12.8 Å². The number of hydrogen-bond acceptors (Lipinski definition) is 2. The Morgan fingerprint density at radius 2 is 2.30 bits per heavy atom. The van der Waals surface area contributed by atoms with Crippen molar-refractivity contribution in [2.45, 2.75) is 19.9 Å². The molecule has 2 aromatic rings. The third-order valence-corrected chi connectivity index (χ3v) is 2.92. The summed E-state index contributed by atoms with van der Waals surface area (Å²) in [6.45, 7) is 3.30. The van der Waals surface area contributed by atoms with Crippen molar-refractivity contribution in [3.8, 4) is 18.1 Å². The Bertz CT molecular complexity index is 637. The van der Waals surface area contributed by atoms with E-state index < -0.39 is 0 Å². The number of hydrogen-bond donors (Lipinski definition) is 1. The number of aromatic nitrogens is 1. The molecule has 4 heteroatoms. The van der Waals surface area contributed by atoms with Crippen LogP contribution in [-0.2, 0) is 11.3 Å². The van der Waals surface area contributed by atoms with Crippen LogP contribution in [0.5, 0.6) is 5.75 Å². The average Bonchev–Trinajstić information content (AvgIpc) is 2.85. The van der Waals surface area contributed by atoms with Crippen molar-refractivity contribution >= 4 is 16.8 Å². The fourth-order valence-corrected chi connectivity index (χ4v) is 1.99. The van der Waals surface area contributed by atoms with Crippen molar-refractivity contribution in [1.82, 2.24) is 9.88 Å². The molecule has 0 unspecified atom stereocenters. The van der Waals surface area contributed by atoms with E-state index in [0.29, 0.717) is 6.61 Å². The quantitative estimate of drug-likeness (QED) is 0.818. The molecule has 0 bridgehead atoms. The van der Waals surface area contributed by atoms with Gasteiger partial charge < -0.3 is 14.6 Å². The van der Waals surface area contributed by atoms with E-state index in [1.807, 2.05) is 35.0 Å². The van der Waals surface area contributed by atoms with Crippen molar-refractivity contribution in [2.24, 2.45) is 0 Å². The molecule has 0 atom stereocenters. The SMILES string of the molecule is C#CCNC(=O)Cn1ccc2cc(OCCC)ccc21. The Hall–Kier alpha value is -2.41. The van der Waals surface area contributed by atoms with Gasteiger partial charge in [0.25, 0.3) is 0 Å². The van der Waals surface area contributed by atoms with E-state index in [1.165, 1.54) is 0 Å². The summed E-state index contributed by atoms with van der Waals surface area (Å²) in [6.07, 6.45) is 7.99. The molecule has 0 saturated carbocycles. The summed E-state index contributed by atoms with van der Waals surface area (Å²) in [7, 11) is 0. The molecule has 1 aromatic carbocycles. The van der Waals surface area contributed by atoms with Crippen molar-refractivity contribution in [2.75, 3.05) is 13.2 Å². The van der Waals surface area contributed by atoms with E-state index in [2.05, 4.69) is 18.2 Å². The largest absolute Gasteiger partial charge is 0.494 e. The van der Waals surface area contributed by atoms with Gasteiger partial charge in [-0.2, -0.15) is 0 Å². The molecule has 0 aliphatic rings. The maximum absolute atomic E-state index is 11.7. The highest BCUT2D eigenvalue weighted by Crippen LogP contribution is 2.22. The molecule has 0 spiro atoms. The number of carbonyl (C=O) groups is 1. The summed E-state index contributed by atoms with van der Waals surface area (Å²) in [6, 6.07) is 7.85. The molecule has 0 saturated heterocycles. The third-order valence-electron chi connectivity index (χ3n) is 2.92. The first-order valence-corrected chi connectivity index (χ1v) is 6.66. The molecule has 1 heterocycles. The molecule has 0 radical (unpaired) electrons. The molecule has 0 aliphatic carbocycles. The van der Waals surface area contributed by atoms with Gasteiger partial charge in [-0.05, 0) is 30.7 Å².